The molecule has 0 aliphatic rings. The Morgan fingerprint density at radius 3 is 2.83 bits per heavy atom. The van der Waals surface area contributed by atoms with Crippen molar-refractivity contribution in [2.45, 2.75) is 13.5 Å². The number of methoxy groups -OCH3 is 1. The number of hydrogen-bond acceptors (Lipinski definition) is 6. The summed E-state index contributed by atoms with van der Waals surface area (Å²) < 4.78 is 19.3. The quantitative estimate of drug-likeness (QED) is 0.472. The minimum Gasteiger partial charge on any atom is -0.494 e. The van der Waals surface area contributed by atoms with Crippen LogP contribution in [-0.4, -0.2) is 30.8 Å². The van der Waals surface area contributed by atoms with E-state index in [1.54, 1.807) is 31.4 Å². The Balaban J connectivity index is 1.82. The van der Waals surface area contributed by atoms with E-state index in [4.69, 9.17) is 13.9 Å². The molecule has 7 nitrogen and oxygen atoms in total. The molecule has 2 heterocycles. The molecule has 154 valence electrons. The van der Waals surface area contributed by atoms with Gasteiger partial charge in [0.05, 0.1) is 28.8 Å². The summed E-state index contributed by atoms with van der Waals surface area (Å²) in [6, 6.07) is 13.7. The second kappa shape index (κ2) is 8.64. The molecule has 0 aliphatic heterocycles. The number of thiazole rings is 1. The zero-order valence-corrected chi connectivity index (χ0v) is 17.4. The van der Waals surface area contributed by atoms with E-state index < -0.39 is 5.91 Å². The Hall–Kier alpha value is -3.23. The van der Waals surface area contributed by atoms with E-state index in [-0.39, 0.29) is 11.2 Å². The highest BCUT2D eigenvalue weighted by Gasteiger charge is 2.14. The van der Waals surface area contributed by atoms with Crippen LogP contribution in [0.15, 0.2) is 62.7 Å². The van der Waals surface area contributed by atoms with Gasteiger partial charge in [0.2, 0.25) is 0 Å². The first kappa shape index (κ1) is 20.1. The first-order chi connectivity index (χ1) is 14.6. The molecular formula is C22H20N2O5S. The number of amides is 1. The first-order valence-electron chi connectivity index (χ1n) is 9.47. The third-order valence-corrected chi connectivity index (χ3v) is 5.57. The van der Waals surface area contributed by atoms with Gasteiger partial charge in [0, 0.05) is 19.7 Å². The molecule has 0 saturated carbocycles. The Labute approximate surface area is 175 Å². The Morgan fingerprint density at radius 1 is 1.20 bits per heavy atom. The van der Waals surface area contributed by atoms with Gasteiger partial charge in [-0.2, -0.15) is 4.99 Å². The van der Waals surface area contributed by atoms with Crippen molar-refractivity contribution in [1.29, 1.82) is 0 Å². The molecule has 1 amide bonds. The van der Waals surface area contributed by atoms with Crippen molar-refractivity contribution in [2.75, 3.05) is 20.3 Å². The van der Waals surface area contributed by atoms with Crippen LogP contribution in [0.2, 0.25) is 0 Å². The number of para-hydroxylation sites is 1. The van der Waals surface area contributed by atoms with Gasteiger partial charge >= 0.3 is 5.91 Å². The van der Waals surface area contributed by atoms with Crippen molar-refractivity contribution < 1.29 is 18.7 Å². The van der Waals surface area contributed by atoms with E-state index in [1.807, 2.05) is 29.7 Å². The summed E-state index contributed by atoms with van der Waals surface area (Å²) in [6.45, 7) is 3.48. The average molecular weight is 424 g/mol. The normalized spacial score (nSPS) is 12.0. The smallest absolute Gasteiger partial charge is 0.315 e. The summed E-state index contributed by atoms with van der Waals surface area (Å²) >= 11 is 1.37. The molecular weight excluding hydrogens is 404 g/mol. The van der Waals surface area contributed by atoms with Crippen LogP contribution >= 0.6 is 11.3 Å². The third-order valence-electron chi connectivity index (χ3n) is 4.53. The highest BCUT2D eigenvalue weighted by molar-refractivity contribution is 7.16. The molecule has 0 spiro atoms. The van der Waals surface area contributed by atoms with Crippen molar-refractivity contribution in [1.82, 2.24) is 4.57 Å². The predicted octanol–water partition coefficient (Wildman–Crippen LogP) is 3.60. The zero-order valence-electron chi connectivity index (χ0n) is 16.6. The fourth-order valence-electron chi connectivity index (χ4n) is 3.15. The molecule has 2 aromatic carbocycles. The van der Waals surface area contributed by atoms with Crippen LogP contribution in [0.1, 0.15) is 17.5 Å². The van der Waals surface area contributed by atoms with Crippen LogP contribution in [0.5, 0.6) is 5.75 Å². The van der Waals surface area contributed by atoms with Crippen molar-refractivity contribution in [2.24, 2.45) is 4.99 Å². The van der Waals surface area contributed by atoms with Crippen LogP contribution < -0.4 is 15.0 Å². The summed E-state index contributed by atoms with van der Waals surface area (Å²) in [4.78, 5) is 29.9. The standard InChI is InChI=1S/C22H20N2O5S/c1-3-28-14-8-9-16-20(12-14)30-22(24(16)10-11-27-2)23-21(26)19-13-17(25)15-6-4-5-7-18(15)29-19/h4-9,12-13H,3,10-11H2,1-2H3. The summed E-state index contributed by atoms with van der Waals surface area (Å²) in [5, 5.41) is 0.425. The van der Waals surface area contributed by atoms with Crippen LogP contribution in [0, 0.1) is 0 Å². The molecule has 0 unspecified atom stereocenters. The topological polar surface area (TPSA) is 83.0 Å². The van der Waals surface area contributed by atoms with Crippen LogP contribution in [-0.2, 0) is 11.3 Å². The molecule has 0 fully saturated rings. The van der Waals surface area contributed by atoms with Crippen LogP contribution in [0.25, 0.3) is 21.2 Å². The third kappa shape index (κ3) is 3.92. The van der Waals surface area contributed by atoms with Gasteiger partial charge in [-0.1, -0.05) is 23.5 Å². The molecule has 4 aromatic rings. The van der Waals surface area contributed by atoms with Crippen molar-refractivity contribution in [3.05, 3.63) is 69.3 Å². The van der Waals surface area contributed by atoms with Gasteiger partial charge in [-0.25, -0.2) is 0 Å². The van der Waals surface area contributed by atoms with Crippen molar-refractivity contribution in [3.63, 3.8) is 0 Å². The fourth-order valence-corrected chi connectivity index (χ4v) is 4.23. The van der Waals surface area contributed by atoms with Crippen LogP contribution in [0.3, 0.4) is 0 Å². The molecule has 0 atom stereocenters. The number of aromatic nitrogens is 1. The molecule has 4 rings (SSSR count). The molecule has 0 saturated heterocycles. The van der Waals surface area contributed by atoms with Gasteiger partial charge in [0.1, 0.15) is 11.3 Å². The lowest BCUT2D eigenvalue weighted by Gasteiger charge is -2.06. The van der Waals surface area contributed by atoms with Gasteiger partial charge < -0.3 is 18.5 Å². The molecule has 0 radical (unpaired) electrons. The van der Waals surface area contributed by atoms with Crippen LogP contribution in [0.4, 0.5) is 0 Å². The predicted molar refractivity (Wildman–Crippen MR) is 115 cm³/mol. The SMILES string of the molecule is CCOc1ccc2c(c1)sc(=NC(=O)c1cc(=O)c3ccccc3o1)n2CCOC. The fraction of sp³-hybridized carbons (Fsp3) is 0.227. The molecule has 0 aliphatic carbocycles. The maximum Gasteiger partial charge on any atom is 0.315 e. The van der Waals surface area contributed by atoms with E-state index in [0.29, 0.717) is 35.5 Å². The second-order valence-electron chi connectivity index (χ2n) is 6.48. The molecule has 0 N–H and O–H groups in total. The molecule has 0 bridgehead atoms. The Morgan fingerprint density at radius 2 is 2.03 bits per heavy atom. The summed E-state index contributed by atoms with van der Waals surface area (Å²) in [5.41, 5.74) is 1.00. The highest BCUT2D eigenvalue weighted by atomic mass is 32.1. The monoisotopic (exact) mass is 424 g/mol. The number of rotatable bonds is 6. The number of benzene rings is 2. The Bertz CT molecular complexity index is 1350. The van der Waals surface area contributed by atoms with E-state index >= 15 is 0 Å². The summed E-state index contributed by atoms with van der Waals surface area (Å²) in [7, 11) is 1.62. The van der Waals surface area contributed by atoms with Gasteiger partial charge in [-0.3, -0.25) is 9.59 Å². The van der Waals surface area contributed by atoms with E-state index in [1.165, 1.54) is 17.4 Å². The first-order valence-corrected chi connectivity index (χ1v) is 10.3. The number of hydrogen-bond donors (Lipinski definition) is 0. The minimum absolute atomic E-state index is 0.0931. The van der Waals surface area contributed by atoms with E-state index in [9.17, 15) is 9.59 Å². The van der Waals surface area contributed by atoms with Crippen molar-refractivity contribution >= 4 is 38.4 Å². The lowest BCUT2D eigenvalue weighted by atomic mass is 10.2. The van der Waals surface area contributed by atoms with E-state index in [2.05, 4.69) is 4.99 Å². The van der Waals surface area contributed by atoms with Gasteiger partial charge in [-0.15, -0.1) is 0 Å². The maximum absolute atomic E-state index is 12.8. The van der Waals surface area contributed by atoms with Gasteiger partial charge in [0.15, 0.2) is 16.0 Å². The number of ether oxygens (including phenoxy) is 2. The minimum atomic E-state index is -0.611. The number of nitrogens with zero attached hydrogens (tertiary/aromatic N) is 2. The van der Waals surface area contributed by atoms with Gasteiger partial charge in [0.25, 0.3) is 0 Å². The largest absolute Gasteiger partial charge is 0.494 e. The molecule has 2 aromatic heterocycles. The second-order valence-corrected chi connectivity index (χ2v) is 7.49. The summed E-state index contributed by atoms with van der Waals surface area (Å²) in [6.07, 6.45) is 0. The van der Waals surface area contributed by atoms with E-state index in [0.717, 1.165) is 16.0 Å². The average Bonchev–Trinajstić information content (AvgIpc) is 3.08. The molecule has 8 heteroatoms. The number of carbonyl (C=O) groups is 1. The Kier molecular flexibility index (Phi) is 5.78. The highest BCUT2D eigenvalue weighted by Crippen LogP contribution is 2.23. The number of carbonyl (C=O) groups excluding carboxylic acids is 1. The molecule has 30 heavy (non-hydrogen) atoms. The summed E-state index contributed by atoms with van der Waals surface area (Å²) in [5.74, 6) is 0.0496. The zero-order chi connectivity index (χ0) is 21.1. The number of fused-ring (bicyclic) bond motifs is 2. The lowest BCUT2D eigenvalue weighted by molar-refractivity contribution is 0.0971. The lowest BCUT2D eigenvalue weighted by Crippen LogP contribution is -2.19. The maximum atomic E-state index is 12.8. The van der Waals surface area contributed by atoms with Gasteiger partial charge in [-0.05, 0) is 37.3 Å². The van der Waals surface area contributed by atoms with Crippen molar-refractivity contribution in [3.8, 4) is 5.75 Å².